The summed E-state index contributed by atoms with van der Waals surface area (Å²) in [6.45, 7) is 11.4. The molecule has 0 heterocycles. The Morgan fingerprint density at radius 2 is 1.58 bits per heavy atom. The van der Waals surface area contributed by atoms with Crippen LogP contribution in [0.1, 0.15) is 46.0 Å². The quantitative estimate of drug-likeness (QED) is 0.123. The van der Waals surface area contributed by atoms with Crippen molar-refractivity contribution in [3.05, 3.63) is 23.3 Å². The molecule has 2 heteroatoms. The number of halogens is 1. The van der Waals surface area contributed by atoms with Crippen LogP contribution in [0.5, 0.6) is 0 Å². The Morgan fingerprint density at radius 1 is 1.00 bits per heavy atom. The highest BCUT2D eigenvalue weighted by Crippen LogP contribution is 2.10. The molecule has 0 rings (SSSR count). The van der Waals surface area contributed by atoms with Gasteiger partial charge in [-0.25, -0.2) is 0 Å². The average Bonchev–Trinajstić information content (AvgIpc) is 2.27. The second-order valence-electron chi connectivity index (χ2n) is 6.17. The molecule has 0 unspecified atom stereocenters. The summed E-state index contributed by atoms with van der Waals surface area (Å²) >= 11 is 2.44. The lowest BCUT2D eigenvalue weighted by molar-refractivity contribution is 0.933. The number of hydrogen-bond donors (Lipinski definition) is 0. The minimum absolute atomic E-state index is 1.02. The van der Waals surface area contributed by atoms with Gasteiger partial charge in [0.15, 0.2) is 0 Å². The van der Waals surface area contributed by atoms with Crippen LogP contribution in [0.4, 0.5) is 0 Å². The SMILES string of the molecule is C/C(=C/CCC#C[Si](C)(C)C)CC/C=C(\C)CCI. The molecule has 0 atom stereocenters. The van der Waals surface area contributed by atoms with Crippen LogP contribution >= 0.6 is 22.6 Å². The van der Waals surface area contributed by atoms with Gasteiger partial charge in [-0.3, -0.25) is 0 Å². The highest BCUT2D eigenvalue weighted by molar-refractivity contribution is 14.1. The fourth-order valence-electron chi connectivity index (χ4n) is 1.62. The van der Waals surface area contributed by atoms with Gasteiger partial charge in [0.2, 0.25) is 0 Å². The molecule has 0 aromatic rings. The molecule has 108 valence electrons. The first-order valence-corrected chi connectivity index (χ1v) is 12.2. The van der Waals surface area contributed by atoms with Crippen LogP contribution in [-0.4, -0.2) is 12.5 Å². The van der Waals surface area contributed by atoms with E-state index in [0.717, 1.165) is 12.8 Å². The Labute approximate surface area is 135 Å². The Kier molecular flexibility index (Phi) is 10.7. The molecule has 0 N–H and O–H groups in total. The lowest BCUT2D eigenvalue weighted by Crippen LogP contribution is -2.16. The Balaban J connectivity index is 3.89. The molecule has 0 nitrogen and oxygen atoms in total. The van der Waals surface area contributed by atoms with Gasteiger partial charge < -0.3 is 0 Å². The van der Waals surface area contributed by atoms with Crippen molar-refractivity contribution >= 4 is 30.7 Å². The number of alkyl halides is 1. The fourth-order valence-corrected chi connectivity index (χ4v) is 3.12. The van der Waals surface area contributed by atoms with E-state index in [-0.39, 0.29) is 0 Å². The molecule has 0 aromatic carbocycles. The maximum absolute atomic E-state index is 3.42. The number of hydrogen-bond acceptors (Lipinski definition) is 0. The zero-order chi connectivity index (χ0) is 14.7. The molecule has 0 aliphatic heterocycles. The first-order valence-electron chi connectivity index (χ1n) is 7.22. The summed E-state index contributed by atoms with van der Waals surface area (Å²) in [5.74, 6) is 3.33. The van der Waals surface area contributed by atoms with Crippen molar-refractivity contribution in [2.75, 3.05) is 4.43 Å². The second kappa shape index (κ2) is 10.7. The third-order valence-electron chi connectivity index (χ3n) is 2.75. The van der Waals surface area contributed by atoms with E-state index in [9.17, 15) is 0 Å². The van der Waals surface area contributed by atoms with Crippen LogP contribution in [0.15, 0.2) is 23.3 Å². The summed E-state index contributed by atoms with van der Waals surface area (Å²) in [7, 11) is -1.17. The number of rotatable bonds is 7. The van der Waals surface area contributed by atoms with Crippen molar-refractivity contribution < 1.29 is 0 Å². The van der Waals surface area contributed by atoms with Crippen molar-refractivity contribution in [2.45, 2.75) is 65.6 Å². The van der Waals surface area contributed by atoms with E-state index in [1.807, 2.05) is 0 Å². The van der Waals surface area contributed by atoms with E-state index >= 15 is 0 Å². The third-order valence-corrected chi connectivity index (χ3v) is 4.21. The molecule has 0 aliphatic rings. The highest BCUT2D eigenvalue weighted by atomic mass is 127. The summed E-state index contributed by atoms with van der Waals surface area (Å²) < 4.78 is 1.23. The Bertz CT molecular complexity index is 361. The first-order chi connectivity index (χ1) is 8.85. The van der Waals surface area contributed by atoms with E-state index in [2.05, 4.69) is 79.7 Å². The van der Waals surface area contributed by atoms with Gasteiger partial charge in [0.25, 0.3) is 0 Å². The summed E-state index contributed by atoms with van der Waals surface area (Å²) in [5, 5.41) is 0. The maximum Gasteiger partial charge on any atom is 0.129 e. The molecule has 0 amide bonds. The van der Waals surface area contributed by atoms with Gasteiger partial charge in [0.1, 0.15) is 8.07 Å². The normalized spacial score (nSPS) is 13.2. The molecule has 0 aromatic heterocycles. The lowest BCUT2D eigenvalue weighted by Gasteiger charge is -2.03. The minimum atomic E-state index is -1.17. The molecule has 0 radical (unpaired) electrons. The minimum Gasteiger partial charge on any atom is -0.132 e. The molecular weight excluding hydrogens is 359 g/mol. The van der Waals surface area contributed by atoms with E-state index in [4.69, 9.17) is 0 Å². The van der Waals surface area contributed by atoms with Crippen LogP contribution in [-0.2, 0) is 0 Å². The van der Waals surface area contributed by atoms with Crippen molar-refractivity contribution in [3.8, 4) is 11.5 Å². The van der Waals surface area contributed by atoms with Crippen molar-refractivity contribution in [1.29, 1.82) is 0 Å². The van der Waals surface area contributed by atoms with Gasteiger partial charge in [-0.15, -0.1) is 11.5 Å². The van der Waals surface area contributed by atoms with Gasteiger partial charge in [-0.05, 0) is 39.5 Å². The van der Waals surface area contributed by atoms with Gasteiger partial charge in [-0.2, -0.15) is 0 Å². The highest BCUT2D eigenvalue weighted by Gasteiger charge is 2.06. The Morgan fingerprint density at radius 3 is 2.16 bits per heavy atom. The van der Waals surface area contributed by atoms with Gasteiger partial charge in [0, 0.05) is 10.8 Å². The van der Waals surface area contributed by atoms with Crippen molar-refractivity contribution in [3.63, 3.8) is 0 Å². The fraction of sp³-hybridized carbons (Fsp3) is 0.647. The Hall–Kier alpha value is -0.0131. The van der Waals surface area contributed by atoms with Crippen LogP contribution in [0, 0.1) is 11.5 Å². The van der Waals surface area contributed by atoms with Crippen LogP contribution in [0.3, 0.4) is 0 Å². The molecule has 19 heavy (non-hydrogen) atoms. The van der Waals surface area contributed by atoms with E-state index in [1.54, 1.807) is 0 Å². The summed E-state index contributed by atoms with van der Waals surface area (Å²) in [4.78, 5) is 0. The maximum atomic E-state index is 3.42. The smallest absolute Gasteiger partial charge is 0.129 e. The van der Waals surface area contributed by atoms with Crippen LogP contribution < -0.4 is 0 Å². The monoisotopic (exact) mass is 388 g/mol. The number of unbranched alkanes of at least 4 members (excludes halogenated alkanes) is 1. The summed E-state index contributed by atoms with van der Waals surface area (Å²) in [5.41, 5.74) is 6.46. The molecular formula is C17H29ISi. The van der Waals surface area contributed by atoms with Crippen molar-refractivity contribution in [2.24, 2.45) is 0 Å². The van der Waals surface area contributed by atoms with Crippen molar-refractivity contribution in [1.82, 2.24) is 0 Å². The van der Waals surface area contributed by atoms with Crippen LogP contribution in [0.2, 0.25) is 19.6 Å². The van der Waals surface area contributed by atoms with Gasteiger partial charge in [-0.1, -0.05) is 65.5 Å². The molecule has 0 saturated heterocycles. The lowest BCUT2D eigenvalue weighted by atomic mass is 10.1. The van der Waals surface area contributed by atoms with Gasteiger partial charge >= 0.3 is 0 Å². The predicted octanol–water partition coefficient (Wildman–Crippen LogP) is 6.15. The van der Waals surface area contributed by atoms with E-state index < -0.39 is 8.07 Å². The molecule has 0 fully saturated rings. The molecule has 0 aliphatic carbocycles. The van der Waals surface area contributed by atoms with Gasteiger partial charge in [0.05, 0.1) is 0 Å². The third kappa shape index (κ3) is 14.2. The van der Waals surface area contributed by atoms with Crippen LogP contribution in [0.25, 0.3) is 0 Å². The summed E-state index contributed by atoms with van der Waals surface area (Å²) in [6, 6.07) is 0. The second-order valence-corrected chi connectivity index (χ2v) is 12.0. The summed E-state index contributed by atoms with van der Waals surface area (Å²) in [6.07, 6.45) is 10.5. The molecule has 0 bridgehead atoms. The number of allylic oxidation sites excluding steroid dienone is 4. The zero-order valence-corrected chi connectivity index (χ0v) is 16.4. The average molecular weight is 388 g/mol. The van der Waals surface area contributed by atoms with E-state index in [0.29, 0.717) is 0 Å². The first kappa shape index (κ1) is 19.0. The standard InChI is InChI=1S/C17H29ISi/c1-16(11-9-12-17(2)13-14-18)10-7-6-8-15-19(3,4)5/h10,12H,6-7,9,11,13-14H2,1-5H3/b16-10-,17-12+. The largest absolute Gasteiger partial charge is 0.132 e. The molecule has 0 saturated carbocycles. The van der Waals surface area contributed by atoms with E-state index in [1.165, 1.54) is 34.8 Å². The molecule has 0 spiro atoms. The zero-order valence-electron chi connectivity index (χ0n) is 13.3. The predicted molar refractivity (Wildman–Crippen MR) is 101 cm³/mol. The topological polar surface area (TPSA) is 0 Å².